The van der Waals surface area contributed by atoms with Gasteiger partial charge in [0, 0.05) is 18.9 Å². The minimum atomic E-state index is -1.39. The van der Waals surface area contributed by atoms with Gasteiger partial charge in [-0.1, -0.05) is 0 Å². The summed E-state index contributed by atoms with van der Waals surface area (Å²) in [5.74, 6) is -5.08. The zero-order valence-electron chi connectivity index (χ0n) is 10.3. The van der Waals surface area contributed by atoms with E-state index in [1.807, 2.05) is 0 Å². The van der Waals surface area contributed by atoms with E-state index in [9.17, 15) is 22.8 Å². The van der Waals surface area contributed by atoms with Gasteiger partial charge >= 0.3 is 5.97 Å². The van der Waals surface area contributed by atoms with E-state index < -0.39 is 47.4 Å². The van der Waals surface area contributed by atoms with Crippen molar-refractivity contribution < 1.29 is 27.5 Å². The summed E-state index contributed by atoms with van der Waals surface area (Å²) in [6.45, 7) is 1.13. The molecule has 1 atom stereocenters. The third kappa shape index (κ3) is 3.70. The Morgan fingerprint density at radius 3 is 2.37 bits per heavy atom. The molecule has 1 amide bonds. The molecule has 4 nitrogen and oxygen atoms in total. The van der Waals surface area contributed by atoms with Crippen LogP contribution < -0.4 is 5.32 Å². The second-order valence-electron chi connectivity index (χ2n) is 3.80. The van der Waals surface area contributed by atoms with Crippen molar-refractivity contribution >= 4 is 11.9 Å². The number of amides is 1. The average Bonchev–Trinajstić information content (AvgIpc) is 2.36. The predicted octanol–water partition coefficient (Wildman–Crippen LogP) is 1.32. The summed E-state index contributed by atoms with van der Waals surface area (Å²) < 4.78 is 44.3. The number of halogens is 3. The van der Waals surface area contributed by atoms with Crippen LogP contribution in [0.2, 0.25) is 0 Å². The normalized spacial score (nSPS) is 11.8. The minimum absolute atomic E-state index is 0.540. The fourth-order valence-corrected chi connectivity index (χ4v) is 1.54. The monoisotopic (exact) mass is 275 g/mol. The maximum absolute atomic E-state index is 13.4. The summed E-state index contributed by atoms with van der Waals surface area (Å²) in [6, 6.07) is 0.101. The molecular formula is C12H12F3NO3. The van der Waals surface area contributed by atoms with E-state index in [1.165, 1.54) is 0 Å². The number of esters is 1. The van der Waals surface area contributed by atoms with Gasteiger partial charge in [0.1, 0.15) is 11.9 Å². The Bertz CT molecular complexity index is 505. The van der Waals surface area contributed by atoms with Crippen molar-refractivity contribution in [1.82, 2.24) is 5.32 Å². The van der Waals surface area contributed by atoms with Crippen LogP contribution in [0.15, 0.2) is 12.1 Å². The third-order valence-corrected chi connectivity index (χ3v) is 2.41. The number of ether oxygens (including phenoxy) is 1. The maximum Gasteiger partial charge on any atom is 0.328 e. The number of nitrogens with one attached hydrogen (secondary N) is 1. The maximum atomic E-state index is 13.4. The molecule has 0 aliphatic carbocycles. The van der Waals surface area contributed by atoms with Gasteiger partial charge in [0.15, 0.2) is 11.6 Å². The van der Waals surface area contributed by atoms with Crippen LogP contribution in [0, 0.1) is 17.5 Å². The lowest BCUT2D eigenvalue weighted by molar-refractivity contribution is -0.144. The molecule has 0 bridgehead atoms. The molecule has 0 saturated carbocycles. The molecule has 19 heavy (non-hydrogen) atoms. The van der Waals surface area contributed by atoms with Gasteiger partial charge in [-0.05, 0) is 12.1 Å². The average molecular weight is 275 g/mol. The van der Waals surface area contributed by atoms with Crippen LogP contribution in [0.5, 0.6) is 0 Å². The molecule has 1 N–H and O–H groups in total. The highest BCUT2D eigenvalue weighted by atomic mass is 19.2. The number of carbonyl (C=O) groups is 2. The van der Waals surface area contributed by atoms with E-state index in [-0.39, 0.29) is 0 Å². The van der Waals surface area contributed by atoms with Crippen LogP contribution in [0.1, 0.15) is 12.5 Å². The summed E-state index contributed by atoms with van der Waals surface area (Å²) >= 11 is 0. The molecule has 0 radical (unpaired) electrons. The zero-order chi connectivity index (χ0) is 14.6. The summed E-state index contributed by atoms with van der Waals surface area (Å²) in [7, 11) is 1.06. The lowest BCUT2D eigenvalue weighted by atomic mass is 10.0. The smallest absolute Gasteiger partial charge is 0.328 e. The SMILES string of the molecule is COC(=O)C(Cc1c(F)ccc(F)c1F)NC(C)=O. The van der Waals surface area contributed by atoms with Gasteiger partial charge in [-0.15, -0.1) is 0 Å². The Balaban J connectivity index is 3.05. The number of carbonyl (C=O) groups excluding carboxylic acids is 2. The molecule has 0 spiro atoms. The molecule has 0 aliphatic rings. The molecule has 1 aromatic rings. The van der Waals surface area contributed by atoms with Gasteiger partial charge in [0.25, 0.3) is 0 Å². The van der Waals surface area contributed by atoms with E-state index in [0.717, 1.165) is 20.1 Å². The number of hydrogen-bond acceptors (Lipinski definition) is 3. The molecule has 1 aromatic carbocycles. The number of methoxy groups -OCH3 is 1. The van der Waals surface area contributed by atoms with Gasteiger partial charge in [-0.25, -0.2) is 18.0 Å². The van der Waals surface area contributed by atoms with Gasteiger partial charge in [-0.3, -0.25) is 4.79 Å². The van der Waals surface area contributed by atoms with Crippen molar-refractivity contribution in [1.29, 1.82) is 0 Å². The molecule has 0 saturated heterocycles. The number of benzene rings is 1. The van der Waals surface area contributed by atoms with E-state index in [0.29, 0.717) is 6.07 Å². The van der Waals surface area contributed by atoms with Crippen LogP contribution in [0.4, 0.5) is 13.2 Å². The molecule has 1 rings (SSSR count). The molecule has 0 aliphatic heterocycles. The Morgan fingerprint density at radius 2 is 1.84 bits per heavy atom. The predicted molar refractivity (Wildman–Crippen MR) is 59.6 cm³/mol. The first-order valence-electron chi connectivity index (χ1n) is 5.34. The Labute approximate surface area is 107 Å². The van der Waals surface area contributed by atoms with Crippen LogP contribution in [0.25, 0.3) is 0 Å². The van der Waals surface area contributed by atoms with Gasteiger partial charge < -0.3 is 10.1 Å². The fraction of sp³-hybridized carbons (Fsp3) is 0.333. The third-order valence-electron chi connectivity index (χ3n) is 2.41. The highest BCUT2D eigenvalue weighted by Crippen LogP contribution is 2.18. The molecule has 0 aromatic heterocycles. The molecule has 0 heterocycles. The van der Waals surface area contributed by atoms with Gasteiger partial charge in [-0.2, -0.15) is 0 Å². The highest BCUT2D eigenvalue weighted by molar-refractivity contribution is 5.83. The van der Waals surface area contributed by atoms with Crippen LogP contribution in [0.3, 0.4) is 0 Å². The van der Waals surface area contributed by atoms with Crippen molar-refractivity contribution in [2.24, 2.45) is 0 Å². The molecule has 7 heteroatoms. The Morgan fingerprint density at radius 1 is 1.26 bits per heavy atom. The zero-order valence-corrected chi connectivity index (χ0v) is 10.3. The van der Waals surface area contributed by atoms with Crippen molar-refractivity contribution in [3.05, 3.63) is 35.1 Å². The van der Waals surface area contributed by atoms with Crippen LogP contribution >= 0.6 is 0 Å². The van der Waals surface area contributed by atoms with Gasteiger partial charge in [0.05, 0.1) is 7.11 Å². The quantitative estimate of drug-likeness (QED) is 0.666. The van der Waals surface area contributed by atoms with Crippen molar-refractivity contribution in [3.8, 4) is 0 Å². The van der Waals surface area contributed by atoms with Crippen molar-refractivity contribution in [2.75, 3.05) is 7.11 Å². The van der Waals surface area contributed by atoms with Gasteiger partial charge in [0.2, 0.25) is 5.91 Å². The molecule has 1 unspecified atom stereocenters. The minimum Gasteiger partial charge on any atom is -0.467 e. The van der Waals surface area contributed by atoms with E-state index in [1.54, 1.807) is 0 Å². The summed E-state index contributed by atoms with van der Waals surface area (Å²) in [6.07, 6.45) is -0.540. The molecule has 0 fully saturated rings. The second kappa shape index (κ2) is 6.21. The lowest BCUT2D eigenvalue weighted by Gasteiger charge is -2.16. The molecular weight excluding hydrogens is 263 g/mol. The summed E-state index contributed by atoms with van der Waals surface area (Å²) in [5, 5.41) is 2.18. The summed E-state index contributed by atoms with van der Waals surface area (Å²) in [5.41, 5.74) is -0.621. The van der Waals surface area contributed by atoms with E-state index >= 15 is 0 Å². The fourth-order valence-electron chi connectivity index (χ4n) is 1.54. The van der Waals surface area contributed by atoms with Crippen LogP contribution in [-0.2, 0) is 20.7 Å². The number of hydrogen-bond donors (Lipinski definition) is 1. The van der Waals surface area contributed by atoms with Crippen molar-refractivity contribution in [3.63, 3.8) is 0 Å². The lowest BCUT2D eigenvalue weighted by Crippen LogP contribution is -2.42. The second-order valence-corrected chi connectivity index (χ2v) is 3.80. The molecule has 104 valence electrons. The number of rotatable bonds is 4. The van der Waals surface area contributed by atoms with E-state index in [4.69, 9.17) is 0 Å². The van der Waals surface area contributed by atoms with Crippen LogP contribution in [-0.4, -0.2) is 25.0 Å². The largest absolute Gasteiger partial charge is 0.467 e. The standard InChI is InChI=1S/C12H12F3NO3/c1-6(17)16-10(12(18)19-2)5-7-8(13)3-4-9(14)11(7)15/h3-4,10H,5H2,1-2H3,(H,16,17). The van der Waals surface area contributed by atoms with E-state index in [2.05, 4.69) is 10.1 Å². The Hall–Kier alpha value is -2.05. The topological polar surface area (TPSA) is 55.4 Å². The first-order valence-corrected chi connectivity index (χ1v) is 5.34. The first-order chi connectivity index (χ1) is 8.86. The highest BCUT2D eigenvalue weighted by Gasteiger charge is 2.25. The van der Waals surface area contributed by atoms with Crippen molar-refractivity contribution in [2.45, 2.75) is 19.4 Å². The summed E-state index contributed by atoms with van der Waals surface area (Å²) in [4.78, 5) is 22.3. The Kier molecular flexibility index (Phi) is 4.91. The first kappa shape index (κ1) is 15.0.